The molecule has 0 aliphatic heterocycles. The Morgan fingerprint density at radius 1 is 0.355 bits per heavy atom. The van der Waals surface area contributed by atoms with Gasteiger partial charge in [-0.1, -0.05) is 366 Å². The Morgan fingerprint density at radius 3 is 0.895 bits per heavy atom. The number of carbonyl (C=O) groups is 2. The topological polar surface area (TPSA) is 95.9 Å². The molecule has 2 atom stereocenters. The Bertz CT molecular complexity index is 1140. The summed E-state index contributed by atoms with van der Waals surface area (Å²) in [6.45, 7) is 4.95. The number of aliphatic hydroxyl groups excluding tert-OH is 2. The fraction of sp³-hybridized carbons (Fsp3) is 0.943. The van der Waals surface area contributed by atoms with Gasteiger partial charge in [0.25, 0.3) is 0 Å². The first-order valence-corrected chi connectivity index (χ1v) is 35.0. The van der Waals surface area contributed by atoms with Gasteiger partial charge in [0.2, 0.25) is 5.91 Å². The Hall–Kier alpha value is -1.40. The van der Waals surface area contributed by atoms with Crippen LogP contribution in [0.2, 0.25) is 0 Å². The van der Waals surface area contributed by atoms with Crippen molar-refractivity contribution in [1.82, 2.24) is 5.32 Å². The zero-order valence-corrected chi connectivity index (χ0v) is 51.8. The number of carbonyl (C=O) groups excluding carboxylic acids is 2. The number of hydrogen-bond donors (Lipinski definition) is 3. The Balaban J connectivity index is 3.38. The lowest BCUT2D eigenvalue weighted by Crippen LogP contribution is -2.45. The zero-order valence-electron chi connectivity index (χ0n) is 51.8. The maximum absolute atomic E-state index is 12.5. The van der Waals surface area contributed by atoms with Gasteiger partial charge in [0.15, 0.2) is 0 Å². The molecule has 0 fully saturated rings. The van der Waals surface area contributed by atoms with Crippen LogP contribution >= 0.6 is 0 Å². The molecule has 0 aromatic rings. The van der Waals surface area contributed by atoms with Crippen LogP contribution < -0.4 is 5.32 Å². The lowest BCUT2D eigenvalue weighted by molar-refractivity contribution is -0.143. The summed E-state index contributed by atoms with van der Waals surface area (Å²) in [5, 5.41) is 23.2. The van der Waals surface area contributed by atoms with Gasteiger partial charge in [0.1, 0.15) is 0 Å². The number of allylic oxidation sites excluding steroid dienone is 1. The highest BCUT2D eigenvalue weighted by atomic mass is 16.5. The average molecular weight is 1070 g/mol. The van der Waals surface area contributed by atoms with E-state index in [4.69, 9.17) is 4.74 Å². The lowest BCUT2D eigenvalue weighted by Gasteiger charge is -2.20. The van der Waals surface area contributed by atoms with Crippen molar-refractivity contribution in [3.8, 4) is 0 Å². The van der Waals surface area contributed by atoms with E-state index < -0.39 is 12.1 Å². The van der Waals surface area contributed by atoms with E-state index in [2.05, 4.69) is 19.2 Å². The Labute approximate surface area is 476 Å². The summed E-state index contributed by atoms with van der Waals surface area (Å²) in [7, 11) is 0. The van der Waals surface area contributed by atoms with Crippen molar-refractivity contribution in [2.75, 3.05) is 13.2 Å². The smallest absolute Gasteiger partial charge is 0.305 e. The summed E-state index contributed by atoms with van der Waals surface area (Å²) in [6, 6.07) is -0.629. The number of amides is 1. The van der Waals surface area contributed by atoms with Crippen molar-refractivity contribution in [2.24, 2.45) is 0 Å². The third kappa shape index (κ3) is 61.8. The van der Waals surface area contributed by atoms with Crippen LogP contribution in [0.15, 0.2) is 12.2 Å². The van der Waals surface area contributed by atoms with Crippen molar-refractivity contribution in [1.29, 1.82) is 0 Å². The molecule has 0 rings (SSSR count). The van der Waals surface area contributed by atoms with Crippen LogP contribution in [0.25, 0.3) is 0 Å². The molecule has 1 amide bonds. The van der Waals surface area contributed by atoms with Gasteiger partial charge in [-0.2, -0.15) is 0 Å². The normalized spacial score (nSPS) is 12.5. The predicted octanol–water partition coefficient (Wildman–Crippen LogP) is 22.4. The fourth-order valence-electron chi connectivity index (χ4n) is 11.2. The Kier molecular flexibility index (Phi) is 64.9. The minimum atomic E-state index is -0.845. The second-order valence-corrected chi connectivity index (χ2v) is 24.2. The second-order valence-electron chi connectivity index (χ2n) is 24.2. The van der Waals surface area contributed by atoms with Crippen LogP contribution in [-0.4, -0.2) is 47.4 Å². The average Bonchev–Trinajstić information content (AvgIpc) is 3.42. The van der Waals surface area contributed by atoms with E-state index in [1.807, 2.05) is 6.08 Å². The van der Waals surface area contributed by atoms with E-state index in [9.17, 15) is 19.8 Å². The van der Waals surface area contributed by atoms with Gasteiger partial charge in [0.05, 0.1) is 25.4 Å². The molecule has 3 N–H and O–H groups in total. The molecule has 2 unspecified atom stereocenters. The fourth-order valence-corrected chi connectivity index (χ4v) is 11.2. The molecule has 0 bridgehead atoms. The van der Waals surface area contributed by atoms with Gasteiger partial charge < -0.3 is 20.3 Å². The molecule has 0 aliphatic rings. The quantitative estimate of drug-likeness (QED) is 0.0320. The van der Waals surface area contributed by atoms with E-state index in [-0.39, 0.29) is 18.5 Å². The number of ether oxygens (including phenoxy) is 1. The highest BCUT2D eigenvalue weighted by molar-refractivity contribution is 5.76. The predicted molar refractivity (Wildman–Crippen MR) is 333 cm³/mol. The van der Waals surface area contributed by atoms with E-state index in [1.165, 1.54) is 334 Å². The molecular formula is C70H137NO5. The molecule has 0 aliphatic carbocycles. The monoisotopic (exact) mass is 1070 g/mol. The van der Waals surface area contributed by atoms with E-state index >= 15 is 0 Å². The van der Waals surface area contributed by atoms with E-state index in [1.54, 1.807) is 6.08 Å². The number of unbranched alkanes of at least 4 members (excludes halogenated alkanes) is 55. The first kappa shape index (κ1) is 74.6. The van der Waals surface area contributed by atoms with Crippen LogP contribution in [0.3, 0.4) is 0 Å². The molecule has 6 heteroatoms. The van der Waals surface area contributed by atoms with Crippen LogP contribution in [0, 0.1) is 0 Å². The maximum atomic E-state index is 12.5. The second kappa shape index (κ2) is 66.1. The minimum absolute atomic E-state index is 0.0173. The summed E-state index contributed by atoms with van der Waals surface area (Å²) in [5.74, 6) is -0.0474. The van der Waals surface area contributed by atoms with Crippen LogP contribution in [0.5, 0.6) is 0 Å². The molecule has 0 aromatic heterocycles. The van der Waals surface area contributed by atoms with Gasteiger partial charge in [-0.25, -0.2) is 0 Å². The lowest BCUT2D eigenvalue weighted by atomic mass is 10.0. The molecule has 76 heavy (non-hydrogen) atoms. The van der Waals surface area contributed by atoms with Gasteiger partial charge in [-0.15, -0.1) is 0 Å². The minimum Gasteiger partial charge on any atom is -0.466 e. The number of hydrogen-bond acceptors (Lipinski definition) is 5. The summed E-state index contributed by atoms with van der Waals surface area (Å²) in [6.07, 6.45) is 81.4. The first-order valence-electron chi connectivity index (χ1n) is 35.0. The Morgan fingerprint density at radius 2 is 0.605 bits per heavy atom. The third-order valence-electron chi connectivity index (χ3n) is 16.6. The molecule has 0 heterocycles. The standard InChI is InChI=1S/C70H137NO5/c1-3-5-7-9-11-13-15-17-19-21-26-30-34-38-42-46-50-54-58-62-68(73)67(66-72)71-69(74)63-59-55-51-47-43-39-35-31-28-24-23-25-29-33-37-41-45-49-53-57-61-65-76-70(75)64-60-56-52-48-44-40-36-32-27-22-20-18-16-14-12-10-8-6-4-2/h58,62,67-68,72-73H,3-57,59-61,63-66H2,1-2H3,(H,71,74)/b62-58+. The molecule has 0 aromatic carbocycles. The van der Waals surface area contributed by atoms with E-state index in [0.717, 1.165) is 38.5 Å². The molecular weight excluding hydrogens is 935 g/mol. The SMILES string of the molecule is CCCCCCCCCCCCCCCCCCC/C=C/C(O)C(CO)NC(=O)CCCCCCCCCCCCCCCCCCCCCCCOC(=O)CCCCCCCCCCCCCCCCCCCCC. The molecule has 0 spiro atoms. The first-order chi connectivity index (χ1) is 37.5. The van der Waals surface area contributed by atoms with Crippen LogP contribution in [0.1, 0.15) is 399 Å². The van der Waals surface area contributed by atoms with Crippen molar-refractivity contribution in [3.63, 3.8) is 0 Å². The number of esters is 1. The molecule has 0 saturated heterocycles. The highest BCUT2D eigenvalue weighted by Crippen LogP contribution is 2.19. The molecule has 6 nitrogen and oxygen atoms in total. The largest absolute Gasteiger partial charge is 0.466 e. The van der Waals surface area contributed by atoms with Crippen LogP contribution in [0.4, 0.5) is 0 Å². The van der Waals surface area contributed by atoms with Crippen molar-refractivity contribution >= 4 is 11.9 Å². The maximum Gasteiger partial charge on any atom is 0.305 e. The van der Waals surface area contributed by atoms with Gasteiger partial charge in [-0.3, -0.25) is 9.59 Å². The third-order valence-corrected chi connectivity index (χ3v) is 16.6. The summed E-state index contributed by atoms with van der Waals surface area (Å²) in [4.78, 5) is 24.6. The zero-order chi connectivity index (χ0) is 55.0. The number of rotatable bonds is 66. The summed E-state index contributed by atoms with van der Waals surface area (Å²) < 4.78 is 5.51. The molecule has 0 radical (unpaired) electrons. The number of aliphatic hydroxyl groups is 2. The number of nitrogens with one attached hydrogen (secondary N) is 1. The molecule has 0 saturated carbocycles. The van der Waals surface area contributed by atoms with Gasteiger partial charge in [-0.05, 0) is 32.1 Å². The van der Waals surface area contributed by atoms with Crippen molar-refractivity contribution < 1.29 is 24.5 Å². The molecule has 452 valence electrons. The van der Waals surface area contributed by atoms with Crippen molar-refractivity contribution in [2.45, 2.75) is 411 Å². The highest BCUT2D eigenvalue weighted by Gasteiger charge is 2.18. The van der Waals surface area contributed by atoms with E-state index in [0.29, 0.717) is 19.4 Å². The summed E-state index contributed by atoms with van der Waals surface area (Å²) in [5.41, 5.74) is 0. The van der Waals surface area contributed by atoms with Crippen molar-refractivity contribution in [3.05, 3.63) is 12.2 Å². The van der Waals surface area contributed by atoms with Crippen LogP contribution in [-0.2, 0) is 14.3 Å². The van der Waals surface area contributed by atoms with Gasteiger partial charge in [0, 0.05) is 12.8 Å². The summed E-state index contributed by atoms with van der Waals surface area (Å²) >= 11 is 0. The van der Waals surface area contributed by atoms with Gasteiger partial charge >= 0.3 is 5.97 Å².